The van der Waals surface area contributed by atoms with Crippen molar-refractivity contribution in [3.63, 3.8) is 0 Å². The van der Waals surface area contributed by atoms with Crippen LogP contribution in [0.15, 0.2) is 36.1 Å². The van der Waals surface area contributed by atoms with E-state index in [9.17, 15) is 5.11 Å². The summed E-state index contributed by atoms with van der Waals surface area (Å²) in [5.74, 6) is 0.311. The van der Waals surface area contributed by atoms with Gasteiger partial charge in [-0.25, -0.2) is 0 Å². The number of fused-ring (bicyclic) bond motifs is 1. The van der Waals surface area contributed by atoms with E-state index in [1.165, 1.54) is 11.3 Å². The van der Waals surface area contributed by atoms with Crippen molar-refractivity contribution < 1.29 is 9.84 Å². The molecule has 0 amide bonds. The van der Waals surface area contributed by atoms with Gasteiger partial charge in [0.25, 0.3) is 0 Å². The molecule has 23 heavy (non-hydrogen) atoms. The van der Waals surface area contributed by atoms with Gasteiger partial charge in [0.15, 0.2) is 0 Å². The van der Waals surface area contributed by atoms with Gasteiger partial charge in [0, 0.05) is 30.1 Å². The van der Waals surface area contributed by atoms with Gasteiger partial charge in [-0.2, -0.15) is 0 Å². The molecule has 1 heterocycles. The van der Waals surface area contributed by atoms with Crippen molar-refractivity contribution in [3.8, 4) is 0 Å². The molecule has 0 radical (unpaired) electrons. The molecule has 3 N–H and O–H groups in total. The Kier molecular flexibility index (Phi) is 7.44. The van der Waals surface area contributed by atoms with Crippen LogP contribution >= 0.6 is 23.2 Å². The first-order valence-electron chi connectivity index (χ1n) is 8.10. The lowest BCUT2D eigenvalue weighted by Crippen LogP contribution is -2.39. The van der Waals surface area contributed by atoms with Gasteiger partial charge in [-0.1, -0.05) is 19.1 Å². The second-order valence-corrected chi connectivity index (χ2v) is 7.29. The molecule has 4 unspecified atom stereocenters. The van der Waals surface area contributed by atoms with Crippen molar-refractivity contribution in [1.82, 2.24) is 10.6 Å². The normalized spacial score (nSPS) is 27.3. The third kappa shape index (κ3) is 5.80. The van der Waals surface area contributed by atoms with Crippen molar-refractivity contribution in [2.24, 2.45) is 5.92 Å². The molecule has 0 bridgehead atoms. The molecular formula is C17H26Cl2N2O2. The van der Waals surface area contributed by atoms with Gasteiger partial charge in [0.05, 0.1) is 18.1 Å². The van der Waals surface area contributed by atoms with Crippen molar-refractivity contribution in [2.75, 3.05) is 19.7 Å². The van der Waals surface area contributed by atoms with E-state index in [-0.39, 0.29) is 23.5 Å². The lowest BCUT2D eigenvalue weighted by Gasteiger charge is -2.26. The summed E-state index contributed by atoms with van der Waals surface area (Å²) in [7, 11) is 0. The van der Waals surface area contributed by atoms with Crippen LogP contribution in [-0.2, 0) is 4.74 Å². The first-order chi connectivity index (χ1) is 11.0. The summed E-state index contributed by atoms with van der Waals surface area (Å²) in [4.78, 5) is 0. The fourth-order valence-electron chi connectivity index (χ4n) is 2.80. The number of aliphatic hydroxyl groups is 1. The van der Waals surface area contributed by atoms with E-state index >= 15 is 0 Å². The number of nitrogens with one attached hydrogen (secondary N) is 2. The molecule has 1 aliphatic carbocycles. The van der Waals surface area contributed by atoms with Crippen molar-refractivity contribution in [3.05, 3.63) is 36.1 Å². The Morgan fingerprint density at radius 3 is 3.04 bits per heavy atom. The van der Waals surface area contributed by atoms with Gasteiger partial charge in [-0.15, -0.1) is 29.8 Å². The van der Waals surface area contributed by atoms with Gasteiger partial charge >= 0.3 is 0 Å². The van der Waals surface area contributed by atoms with Crippen LogP contribution in [0.4, 0.5) is 0 Å². The molecule has 0 saturated carbocycles. The molecule has 6 heteroatoms. The van der Waals surface area contributed by atoms with Crippen LogP contribution in [0.2, 0.25) is 0 Å². The van der Waals surface area contributed by atoms with Gasteiger partial charge in [-0.05, 0) is 24.5 Å². The molecule has 0 aromatic rings. The molecule has 2 rings (SSSR count). The molecule has 1 saturated heterocycles. The largest absolute Gasteiger partial charge is 0.385 e. The molecule has 2 aliphatic rings. The third-order valence-corrected chi connectivity index (χ3v) is 4.82. The van der Waals surface area contributed by atoms with Crippen molar-refractivity contribution in [1.29, 1.82) is 0 Å². The first kappa shape index (κ1) is 18.8. The number of aliphatic hydroxyl groups excluding tert-OH is 1. The maximum Gasteiger partial charge on any atom is 0.128 e. The summed E-state index contributed by atoms with van der Waals surface area (Å²) < 4.78 is 5.84. The van der Waals surface area contributed by atoms with E-state index in [0.717, 1.165) is 13.0 Å². The maximum atomic E-state index is 9.99. The van der Waals surface area contributed by atoms with Crippen LogP contribution in [0.5, 0.6) is 0 Å². The minimum Gasteiger partial charge on any atom is -0.385 e. The van der Waals surface area contributed by atoms with Crippen LogP contribution in [0.1, 0.15) is 19.8 Å². The highest BCUT2D eigenvalue weighted by atomic mass is 35.5. The number of ether oxygens (including phenoxy) is 1. The Hall–Kier alpha value is -0.520. The van der Waals surface area contributed by atoms with Gasteiger partial charge in [0.2, 0.25) is 0 Å². The second-order valence-electron chi connectivity index (χ2n) is 6.11. The van der Waals surface area contributed by atoms with Gasteiger partial charge in [-0.3, -0.25) is 5.32 Å². The van der Waals surface area contributed by atoms with Crippen LogP contribution in [0.25, 0.3) is 0 Å². The molecule has 0 aromatic carbocycles. The van der Waals surface area contributed by atoms with E-state index in [4.69, 9.17) is 27.9 Å². The van der Waals surface area contributed by atoms with E-state index in [0.29, 0.717) is 18.9 Å². The smallest absolute Gasteiger partial charge is 0.128 e. The lowest BCUT2D eigenvalue weighted by molar-refractivity contribution is -0.0164. The average molecular weight is 361 g/mol. The summed E-state index contributed by atoms with van der Waals surface area (Å²) in [6, 6.07) is 0. The number of hydrogen-bond acceptors (Lipinski definition) is 4. The first-order valence-corrected chi connectivity index (χ1v) is 8.97. The topological polar surface area (TPSA) is 53.5 Å². The van der Waals surface area contributed by atoms with E-state index in [1.54, 1.807) is 6.08 Å². The standard InChI is InChI=1S/C17H26Cl2N2O2/c1-3-13(18)7-14(19)9-21-17(22)10-23-16-8-15-12(4-5-20-15)6-11(16)2/h3,6,8,11,13-14,16-17,20-22H,1,4-5,7,9-10H2,2H3/t11-,13?,14?,16?,17?/m0/s1. The summed E-state index contributed by atoms with van der Waals surface area (Å²) in [6.45, 7) is 7.44. The van der Waals surface area contributed by atoms with Crippen LogP contribution in [0, 0.1) is 5.92 Å². The fourth-order valence-corrected chi connectivity index (χ4v) is 3.38. The molecule has 1 aliphatic heterocycles. The molecule has 5 atom stereocenters. The molecular weight excluding hydrogens is 335 g/mol. The van der Waals surface area contributed by atoms with E-state index in [2.05, 4.69) is 36.3 Å². The number of rotatable bonds is 9. The summed E-state index contributed by atoms with van der Waals surface area (Å²) in [6.07, 6.45) is 6.95. The highest BCUT2D eigenvalue weighted by molar-refractivity contribution is 6.24. The minimum absolute atomic E-state index is 0.0180. The van der Waals surface area contributed by atoms with Crippen LogP contribution in [0.3, 0.4) is 0 Å². The Morgan fingerprint density at radius 2 is 2.30 bits per heavy atom. The van der Waals surface area contributed by atoms with Gasteiger partial charge < -0.3 is 15.2 Å². The minimum atomic E-state index is -0.749. The zero-order valence-electron chi connectivity index (χ0n) is 13.5. The maximum absolute atomic E-state index is 9.99. The SMILES string of the molecule is C=CC(Cl)CC(Cl)CNC(O)COC1C=C2NCCC2=C[C@@H]1C. The molecule has 4 nitrogen and oxygen atoms in total. The number of halogens is 2. The summed E-state index contributed by atoms with van der Waals surface area (Å²) in [5, 5.41) is 16.0. The summed E-state index contributed by atoms with van der Waals surface area (Å²) in [5.41, 5.74) is 2.55. The Bertz CT molecular complexity index is 468. The number of allylic oxidation sites excluding steroid dienone is 2. The average Bonchev–Trinajstić information content (AvgIpc) is 2.97. The zero-order valence-corrected chi connectivity index (χ0v) is 15.0. The highest BCUT2D eigenvalue weighted by Crippen LogP contribution is 2.28. The van der Waals surface area contributed by atoms with Crippen LogP contribution in [-0.4, -0.2) is 47.9 Å². The van der Waals surface area contributed by atoms with E-state index in [1.807, 2.05) is 0 Å². The predicted octanol–water partition coefficient (Wildman–Crippen LogP) is 2.52. The highest BCUT2D eigenvalue weighted by Gasteiger charge is 2.25. The second kappa shape index (κ2) is 9.09. The quantitative estimate of drug-likeness (QED) is 0.336. The fraction of sp³-hybridized carbons (Fsp3) is 0.647. The molecule has 0 spiro atoms. The molecule has 0 aromatic heterocycles. The molecule has 130 valence electrons. The van der Waals surface area contributed by atoms with Crippen LogP contribution < -0.4 is 10.6 Å². The van der Waals surface area contributed by atoms with Gasteiger partial charge in [0.1, 0.15) is 6.23 Å². The summed E-state index contributed by atoms with van der Waals surface area (Å²) >= 11 is 12.1. The van der Waals surface area contributed by atoms with Crippen molar-refractivity contribution >= 4 is 23.2 Å². The zero-order chi connectivity index (χ0) is 16.8. The molecule has 1 fully saturated rings. The van der Waals surface area contributed by atoms with Crippen molar-refractivity contribution in [2.45, 2.75) is 42.9 Å². The Morgan fingerprint density at radius 1 is 1.52 bits per heavy atom. The monoisotopic (exact) mass is 360 g/mol. The Balaban J connectivity index is 1.69. The third-order valence-electron chi connectivity index (χ3n) is 4.13. The van der Waals surface area contributed by atoms with E-state index < -0.39 is 6.23 Å². The predicted molar refractivity (Wildman–Crippen MR) is 95.8 cm³/mol. The lowest BCUT2D eigenvalue weighted by atomic mass is 9.93. The number of hydrogen-bond donors (Lipinski definition) is 3. The Labute approximate surface area is 148 Å². The number of alkyl halides is 2.